The monoisotopic (exact) mass is 311 g/mol. The van der Waals surface area contributed by atoms with E-state index in [0.717, 1.165) is 12.1 Å². The summed E-state index contributed by atoms with van der Waals surface area (Å²) in [5, 5.41) is 2.54. The molecular weight excluding hydrogens is 304 g/mol. The molecule has 0 radical (unpaired) electrons. The lowest BCUT2D eigenvalue weighted by atomic mass is 10.2. The molecular formula is C13H8BrF2NO. The number of amides is 1. The number of carbonyl (C=O) groups excluding carboxylic acids is 1. The van der Waals surface area contributed by atoms with Crippen LogP contribution in [-0.4, -0.2) is 5.91 Å². The van der Waals surface area contributed by atoms with Gasteiger partial charge in [-0.3, -0.25) is 4.79 Å². The van der Waals surface area contributed by atoms with Gasteiger partial charge in [0.15, 0.2) is 0 Å². The van der Waals surface area contributed by atoms with Crippen molar-refractivity contribution in [2.45, 2.75) is 0 Å². The molecule has 0 aliphatic carbocycles. The minimum absolute atomic E-state index is 0.202. The fourth-order valence-electron chi connectivity index (χ4n) is 1.43. The van der Waals surface area contributed by atoms with Crippen LogP contribution >= 0.6 is 15.9 Å². The average Bonchev–Trinajstić information content (AvgIpc) is 2.32. The molecule has 2 aromatic carbocycles. The summed E-state index contributed by atoms with van der Waals surface area (Å²) < 4.78 is 26.8. The highest BCUT2D eigenvalue weighted by atomic mass is 79.9. The molecule has 0 aliphatic heterocycles. The van der Waals surface area contributed by atoms with Crippen molar-refractivity contribution in [1.82, 2.24) is 0 Å². The molecule has 0 saturated carbocycles. The smallest absolute Gasteiger partial charge is 0.258 e. The molecule has 0 heterocycles. The Balaban J connectivity index is 2.25. The summed E-state index contributed by atoms with van der Waals surface area (Å²) >= 11 is 3.26. The Morgan fingerprint density at radius 1 is 1.11 bits per heavy atom. The lowest BCUT2D eigenvalue weighted by Crippen LogP contribution is -2.14. The molecule has 5 heteroatoms. The van der Waals surface area contributed by atoms with Crippen molar-refractivity contribution in [3.05, 3.63) is 64.1 Å². The van der Waals surface area contributed by atoms with E-state index >= 15 is 0 Å². The topological polar surface area (TPSA) is 29.1 Å². The molecule has 18 heavy (non-hydrogen) atoms. The molecule has 0 bridgehead atoms. The summed E-state index contributed by atoms with van der Waals surface area (Å²) in [6, 6.07) is 9.77. The van der Waals surface area contributed by atoms with Gasteiger partial charge in [0, 0.05) is 10.5 Å². The second kappa shape index (κ2) is 5.27. The third-order valence-electron chi connectivity index (χ3n) is 2.30. The van der Waals surface area contributed by atoms with E-state index in [-0.39, 0.29) is 5.56 Å². The van der Waals surface area contributed by atoms with Crippen molar-refractivity contribution in [3.63, 3.8) is 0 Å². The first kappa shape index (κ1) is 12.7. The average molecular weight is 312 g/mol. The lowest BCUT2D eigenvalue weighted by Gasteiger charge is -2.07. The van der Waals surface area contributed by atoms with Gasteiger partial charge in [0.2, 0.25) is 0 Å². The Morgan fingerprint density at radius 3 is 2.50 bits per heavy atom. The first-order chi connectivity index (χ1) is 8.58. The highest BCUT2D eigenvalue weighted by Crippen LogP contribution is 2.22. The number of para-hydroxylation sites is 1. The van der Waals surface area contributed by atoms with E-state index in [1.165, 1.54) is 0 Å². The zero-order valence-corrected chi connectivity index (χ0v) is 10.7. The molecule has 1 amide bonds. The molecule has 0 unspecified atom stereocenters. The lowest BCUT2D eigenvalue weighted by molar-refractivity contribution is 0.102. The molecule has 0 atom stereocenters. The summed E-state index contributed by atoms with van der Waals surface area (Å²) in [7, 11) is 0. The number of carbonyl (C=O) groups is 1. The van der Waals surface area contributed by atoms with Gasteiger partial charge in [-0.1, -0.05) is 12.1 Å². The van der Waals surface area contributed by atoms with Crippen LogP contribution in [0.15, 0.2) is 46.9 Å². The summed E-state index contributed by atoms with van der Waals surface area (Å²) in [5.41, 5.74) is 0.318. The first-order valence-corrected chi connectivity index (χ1v) is 5.88. The zero-order chi connectivity index (χ0) is 13.1. The number of hydrogen-bond acceptors (Lipinski definition) is 1. The van der Waals surface area contributed by atoms with Gasteiger partial charge in [-0.15, -0.1) is 0 Å². The SMILES string of the molecule is O=C(Nc1ccccc1Br)c1ccc(F)cc1F. The zero-order valence-electron chi connectivity index (χ0n) is 9.08. The van der Waals surface area contributed by atoms with Crippen molar-refractivity contribution in [2.75, 3.05) is 5.32 Å². The fourth-order valence-corrected chi connectivity index (χ4v) is 1.81. The molecule has 0 spiro atoms. The van der Waals surface area contributed by atoms with Crippen LogP contribution in [0.2, 0.25) is 0 Å². The molecule has 1 N–H and O–H groups in total. The quantitative estimate of drug-likeness (QED) is 0.893. The Labute approximate surface area is 111 Å². The minimum atomic E-state index is -0.889. The van der Waals surface area contributed by atoms with Gasteiger partial charge in [0.05, 0.1) is 11.3 Å². The van der Waals surface area contributed by atoms with Crippen LogP contribution in [0.5, 0.6) is 0 Å². The van der Waals surface area contributed by atoms with Crippen molar-refractivity contribution in [2.24, 2.45) is 0 Å². The van der Waals surface area contributed by atoms with Gasteiger partial charge in [0.25, 0.3) is 5.91 Å². The first-order valence-electron chi connectivity index (χ1n) is 5.09. The molecule has 0 aliphatic rings. The maximum Gasteiger partial charge on any atom is 0.258 e. The standard InChI is InChI=1S/C13H8BrF2NO/c14-10-3-1-2-4-12(10)17-13(18)9-6-5-8(15)7-11(9)16/h1-7H,(H,17,18). The van der Waals surface area contributed by atoms with E-state index in [4.69, 9.17) is 0 Å². The second-order valence-electron chi connectivity index (χ2n) is 3.56. The predicted octanol–water partition coefficient (Wildman–Crippen LogP) is 3.98. The number of halogens is 3. The van der Waals surface area contributed by atoms with Crippen LogP contribution in [0.25, 0.3) is 0 Å². The Hall–Kier alpha value is -1.75. The molecule has 0 saturated heterocycles. The minimum Gasteiger partial charge on any atom is -0.321 e. The van der Waals surface area contributed by atoms with Gasteiger partial charge < -0.3 is 5.32 Å². The van der Waals surface area contributed by atoms with Gasteiger partial charge in [-0.2, -0.15) is 0 Å². The van der Waals surface area contributed by atoms with Gasteiger partial charge in [0.1, 0.15) is 11.6 Å². The predicted molar refractivity (Wildman–Crippen MR) is 68.5 cm³/mol. The van der Waals surface area contributed by atoms with Crippen LogP contribution in [0.4, 0.5) is 14.5 Å². The van der Waals surface area contributed by atoms with Crippen molar-refractivity contribution < 1.29 is 13.6 Å². The number of benzene rings is 2. The third kappa shape index (κ3) is 2.73. The molecule has 2 nitrogen and oxygen atoms in total. The maximum atomic E-state index is 13.4. The molecule has 2 aromatic rings. The third-order valence-corrected chi connectivity index (χ3v) is 2.99. The number of hydrogen-bond donors (Lipinski definition) is 1. The largest absolute Gasteiger partial charge is 0.321 e. The van der Waals surface area contributed by atoms with Crippen LogP contribution < -0.4 is 5.32 Å². The molecule has 0 aromatic heterocycles. The Bertz CT molecular complexity index is 601. The second-order valence-corrected chi connectivity index (χ2v) is 4.41. The highest BCUT2D eigenvalue weighted by Gasteiger charge is 2.13. The highest BCUT2D eigenvalue weighted by molar-refractivity contribution is 9.10. The molecule has 92 valence electrons. The number of rotatable bonds is 2. The molecule has 2 rings (SSSR count). The summed E-state index contributed by atoms with van der Waals surface area (Å²) in [5.74, 6) is -2.23. The van der Waals surface area contributed by atoms with Crippen LogP contribution in [-0.2, 0) is 0 Å². The van der Waals surface area contributed by atoms with Crippen LogP contribution in [0.3, 0.4) is 0 Å². The van der Waals surface area contributed by atoms with Crippen molar-refractivity contribution >= 4 is 27.5 Å². The van der Waals surface area contributed by atoms with E-state index in [2.05, 4.69) is 21.2 Å². The van der Waals surface area contributed by atoms with Crippen LogP contribution in [0, 0.1) is 11.6 Å². The Kier molecular flexibility index (Phi) is 3.72. The number of anilines is 1. The van der Waals surface area contributed by atoms with Gasteiger partial charge >= 0.3 is 0 Å². The summed E-state index contributed by atoms with van der Waals surface area (Å²) in [6.45, 7) is 0. The van der Waals surface area contributed by atoms with E-state index in [1.54, 1.807) is 24.3 Å². The maximum absolute atomic E-state index is 13.4. The normalized spacial score (nSPS) is 10.2. The van der Waals surface area contributed by atoms with Crippen molar-refractivity contribution in [3.8, 4) is 0 Å². The Morgan fingerprint density at radius 2 is 1.83 bits per heavy atom. The van der Waals surface area contributed by atoms with Crippen molar-refractivity contribution in [1.29, 1.82) is 0 Å². The fraction of sp³-hybridized carbons (Fsp3) is 0. The van der Waals surface area contributed by atoms with Gasteiger partial charge in [-0.25, -0.2) is 8.78 Å². The summed E-state index contributed by atoms with van der Waals surface area (Å²) in [6.07, 6.45) is 0. The van der Waals surface area contributed by atoms with E-state index < -0.39 is 17.5 Å². The van der Waals surface area contributed by atoms with E-state index in [1.807, 2.05) is 0 Å². The van der Waals surface area contributed by atoms with Crippen LogP contribution in [0.1, 0.15) is 10.4 Å². The van der Waals surface area contributed by atoms with E-state index in [9.17, 15) is 13.6 Å². The summed E-state index contributed by atoms with van der Waals surface area (Å²) in [4.78, 5) is 11.8. The van der Waals surface area contributed by atoms with E-state index in [0.29, 0.717) is 16.2 Å². The molecule has 0 fully saturated rings. The number of nitrogens with one attached hydrogen (secondary N) is 1. The van der Waals surface area contributed by atoms with Gasteiger partial charge in [-0.05, 0) is 40.2 Å².